The quantitative estimate of drug-likeness (QED) is 0.292. The number of ether oxygens (including phenoxy) is 2. The van der Waals surface area contributed by atoms with Crippen molar-refractivity contribution in [2.75, 3.05) is 13.2 Å². The third kappa shape index (κ3) is 7.84. The minimum absolute atomic E-state index is 0.00669. The van der Waals surface area contributed by atoms with Gasteiger partial charge in [-0.3, -0.25) is 14.4 Å². The maximum Gasteiger partial charge on any atom is 0.417 e. The second-order valence-corrected chi connectivity index (χ2v) is 17.1. The van der Waals surface area contributed by atoms with Crippen molar-refractivity contribution in [3.8, 4) is 17.7 Å². The number of aryl methyl sites for hydroxylation is 1. The number of rotatable bonds is 6. The molecule has 4 bridgehead atoms. The number of sulfonamides is 1. The fourth-order valence-electron chi connectivity index (χ4n) is 6.92. The van der Waals surface area contributed by atoms with Crippen molar-refractivity contribution < 1.29 is 50.2 Å². The Balaban J connectivity index is 1.38. The SMILES string of the molecule is C=C[C@@H]1C#C[C@]1(NC(=O)[C@@H]1C[C@@H]2CN1C(=O)[C@H](C(C)(C)C)NC(=O)OCCCCCc1cc(C(F)(F)F)c3ccnc(c3c1)O2)C(=O)NS(=O)(=O)C1CC1. The minimum atomic E-state index is -4.69. The Kier molecular flexibility index (Phi) is 10.4. The number of pyridine rings is 1. The van der Waals surface area contributed by atoms with Crippen LogP contribution in [0, 0.1) is 23.2 Å². The zero-order valence-corrected chi connectivity index (χ0v) is 30.9. The molecule has 1 aromatic heterocycles. The molecule has 4 aliphatic rings. The molecule has 5 atom stereocenters. The first-order chi connectivity index (χ1) is 25.3. The highest BCUT2D eigenvalue weighted by Crippen LogP contribution is 2.39. The fraction of sp³-hybridized carbons (Fsp3) is 0.541. The van der Waals surface area contributed by atoms with Crippen LogP contribution >= 0.6 is 0 Å². The van der Waals surface area contributed by atoms with Gasteiger partial charge in [-0.1, -0.05) is 38.7 Å². The predicted octanol–water partition coefficient (Wildman–Crippen LogP) is 3.75. The number of carbonyl (C=O) groups is 4. The molecule has 0 radical (unpaired) electrons. The van der Waals surface area contributed by atoms with Gasteiger partial charge in [0.2, 0.25) is 27.7 Å². The summed E-state index contributed by atoms with van der Waals surface area (Å²) in [5.41, 5.74) is -3.42. The average molecular weight is 774 g/mol. The number of cyclic esters (lactones) is 1. The van der Waals surface area contributed by atoms with Crippen LogP contribution in [-0.2, 0) is 41.7 Å². The molecule has 1 saturated carbocycles. The lowest BCUT2D eigenvalue weighted by molar-refractivity contribution is -0.143. The van der Waals surface area contributed by atoms with E-state index in [2.05, 4.69) is 34.0 Å². The summed E-state index contributed by atoms with van der Waals surface area (Å²) in [5, 5.41) is 4.43. The average Bonchev–Trinajstić information content (AvgIpc) is 3.86. The number of halogens is 3. The van der Waals surface area contributed by atoms with E-state index in [4.69, 9.17) is 9.47 Å². The molecular weight excluding hydrogens is 731 g/mol. The Morgan fingerprint density at radius 3 is 2.50 bits per heavy atom. The lowest BCUT2D eigenvalue weighted by Gasteiger charge is -2.39. The van der Waals surface area contributed by atoms with Crippen molar-refractivity contribution in [1.29, 1.82) is 0 Å². The highest BCUT2D eigenvalue weighted by molar-refractivity contribution is 7.91. The Morgan fingerprint density at radius 1 is 1.13 bits per heavy atom. The van der Waals surface area contributed by atoms with E-state index in [1.807, 2.05) is 4.72 Å². The topological polar surface area (TPSA) is 173 Å². The number of alkyl halides is 3. The highest BCUT2D eigenvalue weighted by atomic mass is 32.2. The number of hydrogen-bond donors (Lipinski definition) is 3. The highest BCUT2D eigenvalue weighted by Gasteiger charge is 2.54. The van der Waals surface area contributed by atoms with Gasteiger partial charge >= 0.3 is 12.3 Å². The van der Waals surface area contributed by atoms with Crippen LogP contribution in [-0.4, -0.2) is 84.2 Å². The molecule has 3 N–H and O–H groups in total. The zero-order chi connectivity index (χ0) is 39.2. The number of nitrogens with one attached hydrogen (secondary N) is 3. The summed E-state index contributed by atoms with van der Waals surface area (Å²) in [4.78, 5) is 60.7. The van der Waals surface area contributed by atoms with Crippen LogP contribution in [0.3, 0.4) is 0 Å². The molecule has 2 aliphatic carbocycles. The molecule has 290 valence electrons. The van der Waals surface area contributed by atoms with E-state index in [1.54, 1.807) is 26.8 Å². The van der Waals surface area contributed by atoms with Gasteiger partial charge in [0.05, 0.1) is 29.9 Å². The molecule has 2 aliphatic heterocycles. The number of aromatic nitrogens is 1. The van der Waals surface area contributed by atoms with E-state index >= 15 is 0 Å². The first-order valence-corrected chi connectivity index (χ1v) is 19.3. The summed E-state index contributed by atoms with van der Waals surface area (Å²) in [6.07, 6.45) is -1.79. The van der Waals surface area contributed by atoms with Gasteiger partial charge in [0.25, 0.3) is 5.91 Å². The molecular formula is C37H42F3N5O8S. The summed E-state index contributed by atoms with van der Waals surface area (Å²) in [7, 11) is -4.04. The normalized spacial score (nSPS) is 26.5. The van der Waals surface area contributed by atoms with E-state index in [9.17, 15) is 40.8 Å². The number of benzene rings is 1. The molecule has 4 amide bonds. The number of alkyl carbamates (subject to hydrolysis) is 1. The van der Waals surface area contributed by atoms with Crippen molar-refractivity contribution in [2.24, 2.45) is 11.3 Å². The molecule has 1 saturated heterocycles. The molecule has 54 heavy (non-hydrogen) atoms. The Bertz CT molecular complexity index is 2050. The molecule has 17 heteroatoms. The van der Waals surface area contributed by atoms with Crippen molar-refractivity contribution in [3.05, 3.63) is 48.2 Å². The van der Waals surface area contributed by atoms with Crippen molar-refractivity contribution in [1.82, 2.24) is 25.2 Å². The van der Waals surface area contributed by atoms with E-state index in [-0.39, 0.29) is 36.2 Å². The number of carbonyl (C=O) groups excluding carboxylic acids is 4. The second kappa shape index (κ2) is 14.4. The van der Waals surface area contributed by atoms with Crippen molar-refractivity contribution in [3.63, 3.8) is 0 Å². The van der Waals surface area contributed by atoms with Gasteiger partial charge in [-0.2, -0.15) is 13.2 Å². The Morgan fingerprint density at radius 2 is 1.87 bits per heavy atom. The molecule has 6 rings (SSSR count). The summed E-state index contributed by atoms with van der Waals surface area (Å²) < 4.78 is 82.1. The lowest BCUT2D eigenvalue weighted by Crippen LogP contribution is -2.68. The van der Waals surface area contributed by atoms with Crippen LogP contribution in [0.1, 0.15) is 70.4 Å². The molecule has 1 aromatic carbocycles. The predicted molar refractivity (Wildman–Crippen MR) is 189 cm³/mol. The van der Waals surface area contributed by atoms with E-state index in [0.29, 0.717) is 44.1 Å². The van der Waals surface area contributed by atoms with E-state index in [0.717, 1.165) is 6.07 Å². The van der Waals surface area contributed by atoms with Gasteiger partial charge in [0.15, 0.2) is 5.54 Å². The Hall–Kier alpha value is -4.85. The van der Waals surface area contributed by atoms with E-state index in [1.165, 1.54) is 23.2 Å². The van der Waals surface area contributed by atoms with Crippen LogP contribution in [0.2, 0.25) is 0 Å². The third-order valence-electron chi connectivity index (χ3n) is 10.1. The maximum absolute atomic E-state index is 14.4. The molecule has 3 heterocycles. The monoisotopic (exact) mass is 773 g/mol. The molecule has 0 unspecified atom stereocenters. The summed E-state index contributed by atoms with van der Waals surface area (Å²) in [5.74, 6) is 1.51. The molecule has 2 fully saturated rings. The van der Waals surface area contributed by atoms with Crippen LogP contribution in [0.25, 0.3) is 10.8 Å². The maximum atomic E-state index is 14.4. The molecule has 0 spiro atoms. The standard InChI is InChI=1S/C37H42F3N5O8S/c1-5-22-12-14-36(22,33(48)44-54(50,51)24-10-11-24)43-30(46)28-19-23-20-45(28)32(47)29(35(2,3)4)42-34(49)52-16-8-6-7-9-21-17-26-25(13-15-41-31(26)53-23)27(18-21)37(38,39)40/h5,13,15,17-18,22-24,28-29H,1,6-11,16,19-20H2,2-4H3,(H,42,49)(H,43,46)(H,44,48)/t22-,23-,28+,29-,36-/m1/s1. The first kappa shape index (κ1) is 38.9. The van der Waals surface area contributed by atoms with Gasteiger partial charge < -0.3 is 25.0 Å². The van der Waals surface area contributed by atoms with Gasteiger partial charge in [0.1, 0.15) is 18.2 Å². The van der Waals surface area contributed by atoms with Crippen molar-refractivity contribution in [2.45, 2.75) is 101 Å². The van der Waals surface area contributed by atoms with Crippen LogP contribution in [0.4, 0.5) is 18.0 Å². The van der Waals surface area contributed by atoms with Gasteiger partial charge in [0, 0.05) is 23.4 Å². The molecule has 2 aromatic rings. The Labute approximate surface area is 310 Å². The van der Waals surface area contributed by atoms with Gasteiger partial charge in [-0.25, -0.2) is 22.9 Å². The third-order valence-corrected chi connectivity index (χ3v) is 11.9. The zero-order valence-electron chi connectivity index (χ0n) is 30.0. The van der Waals surface area contributed by atoms with Crippen molar-refractivity contribution >= 4 is 44.6 Å². The second-order valence-electron chi connectivity index (χ2n) is 15.2. The lowest BCUT2D eigenvalue weighted by atomic mass is 9.76. The van der Waals surface area contributed by atoms with Crippen LogP contribution in [0.15, 0.2) is 37.1 Å². The van der Waals surface area contributed by atoms with Gasteiger partial charge in [-0.15, -0.1) is 6.58 Å². The number of nitrogens with zero attached hydrogens (tertiary/aromatic N) is 2. The van der Waals surface area contributed by atoms with E-state index < -0.39 is 85.9 Å². The first-order valence-electron chi connectivity index (χ1n) is 17.8. The van der Waals surface area contributed by atoms with Crippen LogP contribution < -0.4 is 20.1 Å². The van der Waals surface area contributed by atoms with Gasteiger partial charge in [-0.05, 0) is 67.7 Å². The van der Waals surface area contributed by atoms with Crippen LogP contribution in [0.5, 0.6) is 5.88 Å². The summed E-state index contributed by atoms with van der Waals surface area (Å²) in [6.45, 7) is 8.51. The fourth-order valence-corrected chi connectivity index (χ4v) is 8.26. The smallest absolute Gasteiger partial charge is 0.417 e. The number of amides is 4. The summed E-state index contributed by atoms with van der Waals surface area (Å²) >= 11 is 0. The largest absolute Gasteiger partial charge is 0.472 e. The number of hydrogen-bond acceptors (Lipinski definition) is 9. The summed E-state index contributed by atoms with van der Waals surface area (Å²) in [6, 6.07) is 1.33. The number of fused-ring (bicyclic) bond motifs is 3. The minimum Gasteiger partial charge on any atom is -0.472 e. The molecule has 13 nitrogen and oxygen atoms in total.